The molecule has 1 aliphatic rings. The molecular formula is C16H10BrFN6O2. The Morgan fingerprint density at radius 1 is 1.27 bits per heavy atom. The molecule has 10 heteroatoms. The lowest BCUT2D eigenvalue weighted by Crippen LogP contribution is -2.21. The summed E-state index contributed by atoms with van der Waals surface area (Å²) < 4.78 is 16.6. The first kappa shape index (κ1) is 16.3. The fourth-order valence-electron chi connectivity index (χ4n) is 2.77. The average molecular weight is 417 g/mol. The molecule has 2 heterocycles. The van der Waals surface area contributed by atoms with Crippen molar-refractivity contribution < 1.29 is 9.31 Å². The first-order valence-electron chi connectivity index (χ1n) is 7.49. The number of rotatable bonds is 3. The molecule has 0 amide bonds. The quantitative estimate of drug-likeness (QED) is 0.517. The third-order valence-electron chi connectivity index (χ3n) is 3.97. The standard InChI is InChI=1S/C16H10BrFN6O2/c17-10-4-5-13(18)12(7-10)15-8-14(19-16-20-21-22-23(15)16)9-2-1-3-11(6-9)24(25)26/h1-8,15H,(H,19,20,22). The largest absolute Gasteiger partial charge is 0.323 e. The van der Waals surface area contributed by atoms with Crippen LogP contribution < -0.4 is 5.32 Å². The normalized spacial score (nSPS) is 15.8. The maximum absolute atomic E-state index is 14.4. The Morgan fingerprint density at radius 3 is 2.92 bits per heavy atom. The van der Waals surface area contributed by atoms with Crippen LogP contribution in [0.2, 0.25) is 0 Å². The number of tetrazole rings is 1. The average Bonchev–Trinajstić information content (AvgIpc) is 3.11. The Kier molecular flexibility index (Phi) is 3.96. The minimum Gasteiger partial charge on any atom is -0.323 e. The number of nitrogens with one attached hydrogen (secondary N) is 1. The van der Waals surface area contributed by atoms with E-state index >= 15 is 0 Å². The molecule has 26 heavy (non-hydrogen) atoms. The van der Waals surface area contributed by atoms with Gasteiger partial charge in [0.05, 0.1) is 4.92 Å². The first-order chi connectivity index (χ1) is 12.5. The molecule has 0 saturated carbocycles. The van der Waals surface area contributed by atoms with E-state index in [9.17, 15) is 14.5 Å². The molecule has 1 unspecified atom stereocenters. The lowest BCUT2D eigenvalue weighted by Gasteiger charge is -2.23. The van der Waals surface area contributed by atoms with Crippen molar-refractivity contribution in [2.75, 3.05) is 5.32 Å². The van der Waals surface area contributed by atoms with Crippen LogP contribution >= 0.6 is 15.9 Å². The number of fused-ring (bicyclic) bond motifs is 1. The van der Waals surface area contributed by atoms with Gasteiger partial charge in [-0.1, -0.05) is 33.2 Å². The Bertz CT molecular complexity index is 1050. The van der Waals surface area contributed by atoms with E-state index in [2.05, 4.69) is 36.8 Å². The van der Waals surface area contributed by atoms with E-state index in [1.165, 1.54) is 22.9 Å². The molecule has 4 rings (SSSR count). The van der Waals surface area contributed by atoms with Gasteiger partial charge in [-0.05, 0) is 34.7 Å². The van der Waals surface area contributed by atoms with Crippen molar-refractivity contribution >= 4 is 33.3 Å². The molecule has 2 aromatic carbocycles. The van der Waals surface area contributed by atoms with E-state index in [0.29, 0.717) is 27.2 Å². The second-order valence-corrected chi connectivity index (χ2v) is 6.49. The molecule has 130 valence electrons. The van der Waals surface area contributed by atoms with E-state index in [4.69, 9.17) is 0 Å². The van der Waals surface area contributed by atoms with Crippen LogP contribution in [0.3, 0.4) is 0 Å². The SMILES string of the molecule is O=[N+]([O-])c1cccc(C2=CC(c3cc(Br)ccc3F)n3nnnc3N2)c1. The predicted octanol–water partition coefficient (Wildman–Crippen LogP) is 3.54. The maximum Gasteiger partial charge on any atom is 0.270 e. The maximum atomic E-state index is 14.4. The highest BCUT2D eigenvalue weighted by molar-refractivity contribution is 9.10. The predicted molar refractivity (Wildman–Crippen MR) is 94.8 cm³/mol. The van der Waals surface area contributed by atoms with Gasteiger partial charge < -0.3 is 5.32 Å². The number of non-ortho nitro benzene ring substituents is 1. The van der Waals surface area contributed by atoms with Gasteiger partial charge >= 0.3 is 0 Å². The summed E-state index contributed by atoms with van der Waals surface area (Å²) in [5.41, 5.74) is 1.46. The number of nitro groups is 1. The van der Waals surface area contributed by atoms with Crippen molar-refractivity contribution in [2.24, 2.45) is 0 Å². The number of hydrogen-bond acceptors (Lipinski definition) is 6. The lowest BCUT2D eigenvalue weighted by molar-refractivity contribution is -0.384. The highest BCUT2D eigenvalue weighted by Crippen LogP contribution is 2.34. The molecule has 0 spiro atoms. The van der Waals surface area contributed by atoms with Crippen LogP contribution in [0.1, 0.15) is 17.2 Å². The summed E-state index contributed by atoms with van der Waals surface area (Å²) in [4.78, 5) is 10.6. The molecule has 0 radical (unpaired) electrons. The first-order valence-corrected chi connectivity index (χ1v) is 8.29. The molecule has 3 aromatic rings. The molecule has 1 N–H and O–H groups in total. The van der Waals surface area contributed by atoms with Crippen molar-refractivity contribution in [3.05, 3.63) is 80.1 Å². The molecule has 0 saturated heterocycles. The third-order valence-corrected chi connectivity index (χ3v) is 4.47. The van der Waals surface area contributed by atoms with Crippen LogP contribution in [0.15, 0.2) is 53.0 Å². The summed E-state index contributed by atoms with van der Waals surface area (Å²) in [6.45, 7) is 0. The summed E-state index contributed by atoms with van der Waals surface area (Å²) in [6, 6.07) is 10.2. The number of benzene rings is 2. The van der Waals surface area contributed by atoms with Gasteiger partial charge in [0, 0.05) is 33.4 Å². The van der Waals surface area contributed by atoms with Gasteiger partial charge in [0.25, 0.3) is 5.69 Å². The van der Waals surface area contributed by atoms with Gasteiger partial charge in [0.2, 0.25) is 5.95 Å². The Hall–Kier alpha value is -3.14. The minimum atomic E-state index is -0.604. The molecular weight excluding hydrogens is 407 g/mol. The van der Waals surface area contributed by atoms with E-state index in [1.54, 1.807) is 30.3 Å². The molecule has 0 bridgehead atoms. The summed E-state index contributed by atoms with van der Waals surface area (Å²) in [5.74, 6) is -0.0884. The van der Waals surface area contributed by atoms with Crippen LogP contribution in [-0.4, -0.2) is 25.1 Å². The third kappa shape index (κ3) is 2.84. The fourth-order valence-corrected chi connectivity index (χ4v) is 3.15. The molecule has 1 atom stereocenters. The van der Waals surface area contributed by atoms with Gasteiger partial charge in [-0.3, -0.25) is 10.1 Å². The van der Waals surface area contributed by atoms with E-state index in [-0.39, 0.29) is 5.69 Å². The zero-order valence-electron chi connectivity index (χ0n) is 13.0. The van der Waals surface area contributed by atoms with Gasteiger partial charge in [0.1, 0.15) is 11.9 Å². The second kappa shape index (κ2) is 6.30. The molecule has 0 fully saturated rings. The van der Waals surface area contributed by atoms with Crippen molar-refractivity contribution in [1.29, 1.82) is 0 Å². The number of allylic oxidation sites excluding steroid dienone is 1. The monoisotopic (exact) mass is 416 g/mol. The molecule has 1 aliphatic heterocycles. The summed E-state index contributed by atoms with van der Waals surface area (Å²) in [5, 5.41) is 25.5. The van der Waals surface area contributed by atoms with Crippen LogP contribution in [0.5, 0.6) is 0 Å². The Balaban J connectivity index is 1.85. The van der Waals surface area contributed by atoms with E-state index < -0.39 is 16.8 Å². The topological polar surface area (TPSA) is 98.8 Å². The number of aromatic nitrogens is 4. The van der Waals surface area contributed by atoms with Gasteiger partial charge in [-0.2, -0.15) is 4.68 Å². The van der Waals surface area contributed by atoms with Crippen molar-refractivity contribution in [3.8, 4) is 0 Å². The summed E-state index contributed by atoms with van der Waals surface area (Å²) >= 11 is 3.34. The molecule has 1 aromatic heterocycles. The van der Waals surface area contributed by atoms with Crippen molar-refractivity contribution in [2.45, 2.75) is 6.04 Å². The fraction of sp³-hybridized carbons (Fsp3) is 0.0625. The highest BCUT2D eigenvalue weighted by Gasteiger charge is 2.27. The number of anilines is 1. The van der Waals surface area contributed by atoms with Crippen LogP contribution in [-0.2, 0) is 0 Å². The van der Waals surface area contributed by atoms with Crippen LogP contribution in [0, 0.1) is 15.9 Å². The Labute approximate surface area is 154 Å². The lowest BCUT2D eigenvalue weighted by atomic mass is 10.0. The second-order valence-electron chi connectivity index (χ2n) is 5.57. The summed E-state index contributed by atoms with van der Waals surface area (Å²) in [6.07, 6.45) is 1.73. The van der Waals surface area contributed by atoms with Crippen molar-refractivity contribution in [1.82, 2.24) is 20.2 Å². The number of nitro benzene ring substituents is 1. The zero-order chi connectivity index (χ0) is 18.3. The number of nitrogens with zero attached hydrogens (tertiary/aromatic N) is 5. The minimum absolute atomic E-state index is 0.0412. The smallest absolute Gasteiger partial charge is 0.270 e. The van der Waals surface area contributed by atoms with E-state index in [1.807, 2.05) is 0 Å². The van der Waals surface area contributed by atoms with Gasteiger partial charge in [-0.25, -0.2) is 4.39 Å². The highest BCUT2D eigenvalue weighted by atomic mass is 79.9. The van der Waals surface area contributed by atoms with Crippen LogP contribution in [0.25, 0.3) is 5.70 Å². The van der Waals surface area contributed by atoms with Crippen LogP contribution in [0.4, 0.5) is 16.0 Å². The van der Waals surface area contributed by atoms with Gasteiger partial charge in [-0.15, -0.1) is 0 Å². The zero-order valence-corrected chi connectivity index (χ0v) is 14.6. The Morgan fingerprint density at radius 2 is 2.12 bits per heavy atom. The van der Waals surface area contributed by atoms with Crippen molar-refractivity contribution in [3.63, 3.8) is 0 Å². The number of halogens is 2. The molecule has 0 aliphatic carbocycles. The number of hydrogen-bond donors (Lipinski definition) is 1. The summed E-state index contributed by atoms with van der Waals surface area (Å²) in [7, 11) is 0. The van der Waals surface area contributed by atoms with Gasteiger partial charge in [0.15, 0.2) is 0 Å². The molecule has 8 nitrogen and oxygen atoms in total. The van der Waals surface area contributed by atoms with E-state index in [0.717, 1.165) is 0 Å².